The van der Waals surface area contributed by atoms with E-state index in [0.717, 1.165) is 0 Å². The topological polar surface area (TPSA) is 131 Å². The summed E-state index contributed by atoms with van der Waals surface area (Å²) in [4.78, 5) is 40.1. The lowest BCUT2D eigenvalue weighted by Gasteiger charge is -2.06. The maximum Gasteiger partial charge on any atom is 0.376 e. The van der Waals surface area contributed by atoms with Crippen LogP contribution in [0.5, 0.6) is 0 Å². The molecule has 1 amide bonds. The molecule has 0 aromatic carbocycles. The smallest absolute Gasteiger partial charge is 0.376 e. The molecule has 0 saturated carbocycles. The lowest BCUT2D eigenvalue weighted by molar-refractivity contribution is -0.137. The normalized spacial score (nSPS) is 9.53. The molecule has 0 radical (unpaired) electrons. The van der Waals surface area contributed by atoms with Crippen molar-refractivity contribution < 1.29 is 24.2 Å². The molecule has 1 aromatic heterocycles. The number of carbonyl (C=O) groups excluding carboxylic acids is 2. The molecule has 0 saturated heterocycles. The van der Waals surface area contributed by atoms with Gasteiger partial charge in [0.15, 0.2) is 0 Å². The summed E-state index contributed by atoms with van der Waals surface area (Å²) in [7, 11) is 1.20. The second kappa shape index (κ2) is 6.89. The van der Waals surface area contributed by atoms with E-state index in [1.807, 2.05) is 0 Å². The zero-order valence-electron chi connectivity index (χ0n) is 10.0. The van der Waals surface area contributed by atoms with Crippen molar-refractivity contribution in [2.75, 3.05) is 25.5 Å². The average Bonchev–Trinajstić information content (AvgIpc) is 2.42. The van der Waals surface area contributed by atoms with Crippen LogP contribution in [0.3, 0.4) is 0 Å². The van der Waals surface area contributed by atoms with Gasteiger partial charge in [-0.25, -0.2) is 14.8 Å². The number of anilines is 1. The van der Waals surface area contributed by atoms with Crippen LogP contribution in [0.15, 0.2) is 12.3 Å². The minimum absolute atomic E-state index is 0.140. The fraction of sp³-hybridized carbons (Fsp3) is 0.300. The van der Waals surface area contributed by atoms with Gasteiger partial charge >= 0.3 is 11.9 Å². The number of aliphatic carboxylic acids is 1. The van der Waals surface area contributed by atoms with E-state index in [1.54, 1.807) is 0 Å². The molecule has 9 nitrogen and oxygen atoms in total. The van der Waals surface area contributed by atoms with Gasteiger partial charge in [0, 0.05) is 6.20 Å². The molecule has 19 heavy (non-hydrogen) atoms. The number of hydrogen-bond acceptors (Lipinski definition) is 7. The van der Waals surface area contributed by atoms with Gasteiger partial charge in [-0.15, -0.1) is 0 Å². The predicted octanol–water partition coefficient (Wildman–Crippen LogP) is -1.12. The first-order valence-corrected chi connectivity index (χ1v) is 5.16. The molecule has 0 unspecified atom stereocenters. The Morgan fingerprint density at radius 2 is 2.11 bits per heavy atom. The molecule has 0 aliphatic carbocycles. The third-order valence-electron chi connectivity index (χ3n) is 1.89. The van der Waals surface area contributed by atoms with Crippen molar-refractivity contribution in [2.24, 2.45) is 0 Å². The average molecular weight is 268 g/mol. The van der Waals surface area contributed by atoms with E-state index in [2.05, 4.69) is 25.3 Å². The van der Waals surface area contributed by atoms with Gasteiger partial charge in [0.2, 0.25) is 11.7 Å². The fourth-order valence-electron chi connectivity index (χ4n) is 1.05. The van der Waals surface area contributed by atoms with Crippen LogP contribution >= 0.6 is 0 Å². The Hall–Kier alpha value is -2.71. The van der Waals surface area contributed by atoms with E-state index < -0.39 is 24.4 Å². The molecule has 0 aliphatic heterocycles. The lowest BCUT2D eigenvalue weighted by atomic mass is 10.5. The number of nitrogens with one attached hydrogen (secondary N) is 2. The highest BCUT2D eigenvalue weighted by Gasteiger charge is 2.10. The Kier molecular flexibility index (Phi) is 5.20. The minimum Gasteiger partial charge on any atom is -0.480 e. The standard InChI is InChI=1S/C10H12N4O5/c1-19-10(18)9-11-3-2-6(14-9)12-4-7(15)13-5-8(16)17/h2-3H,4-5H2,1H3,(H,13,15)(H,16,17)(H,11,12,14). The molecule has 0 aliphatic rings. The molecule has 9 heteroatoms. The van der Waals surface area contributed by atoms with E-state index in [4.69, 9.17) is 5.11 Å². The summed E-state index contributed by atoms with van der Waals surface area (Å²) in [6, 6.07) is 1.46. The van der Waals surface area contributed by atoms with Gasteiger partial charge < -0.3 is 20.5 Å². The van der Waals surface area contributed by atoms with Crippen molar-refractivity contribution >= 4 is 23.7 Å². The van der Waals surface area contributed by atoms with Crippen molar-refractivity contribution in [1.82, 2.24) is 15.3 Å². The minimum atomic E-state index is -1.14. The Bertz CT molecular complexity index is 491. The number of aromatic nitrogens is 2. The fourth-order valence-corrected chi connectivity index (χ4v) is 1.05. The van der Waals surface area contributed by atoms with Crippen LogP contribution in [0.4, 0.5) is 5.82 Å². The van der Waals surface area contributed by atoms with Crippen LogP contribution < -0.4 is 10.6 Å². The number of amides is 1. The molecule has 102 valence electrons. The van der Waals surface area contributed by atoms with Gasteiger partial charge in [0.1, 0.15) is 12.4 Å². The molecular weight excluding hydrogens is 256 g/mol. The first kappa shape index (κ1) is 14.4. The summed E-state index contributed by atoms with van der Waals surface area (Å²) >= 11 is 0. The zero-order valence-corrected chi connectivity index (χ0v) is 10.0. The SMILES string of the molecule is COC(=O)c1nccc(NCC(=O)NCC(=O)O)n1. The van der Waals surface area contributed by atoms with Gasteiger partial charge in [0.25, 0.3) is 0 Å². The first-order valence-electron chi connectivity index (χ1n) is 5.16. The van der Waals surface area contributed by atoms with E-state index in [1.165, 1.54) is 19.4 Å². The number of ether oxygens (including phenoxy) is 1. The van der Waals surface area contributed by atoms with Gasteiger partial charge in [-0.3, -0.25) is 9.59 Å². The van der Waals surface area contributed by atoms with Crippen LogP contribution in [0.25, 0.3) is 0 Å². The van der Waals surface area contributed by atoms with Crippen molar-refractivity contribution in [1.29, 1.82) is 0 Å². The van der Waals surface area contributed by atoms with Crippen molar-refractivity contribution in [3.8, 4) is 0 Å². The highest BCUT2D eigenvalue weighted by Crippen LogP contribution is 2.02. The second-order valence-electron chi connectivity index (χ2n) is 3.28. The van der Waals surface area contributed by atoms with E-state index in [-0.39, 0.29) is 18.2 Å². The summed E-state index contributed by atoms with van der Waals surface area (Å²) in [5.74, 6) is -2.23. The molecule has 0 fully saturated rings. The molecule has 3 N–H and O–H groups in total. The third-order valence-corrected chi connectivity index (χ3v) is 1.89. The summed E-state index contributed by atoms with van der Waals surface area (Å²) in [5.41, 5.74) is 0. The summed E-state index contributed by atoms with van der Waals surface area (Å²) < 4.78 is 4.45. The molecule has 1 aromatic rings. The van der Waals surface area contributed by atoms with Crippen LogP contribution in [0.1, 0.15) is 10.6 Å². The summed E-state index contributed by atoms with van der Waals surface area (Å²) in [5, 5.41) is 13.2. The highest BCUT2D eigenvalue weighted by molar-refractivity contribution is 5.86. The Morgan fingerprint density at radius 3 is 2.74 bits per heavy atom. The van der Waals surface area contributed by atoms with Gasteiger partial charge in [0.05, 0.1) is 13.7 Å². The van der Waals surface area contributed by atoms with E-state index in [9.17, 15) is 14.4 Å². The predicted molar refractivity (Wildman–Crippen MR) is 62.5 cm³/mol. The Balaban J connectivity index is 2.51. The van der Waals surface area contributed by atoms with Crippen LogP contribution in [0.2, 0.25) is 0 Å². The lowest BCUT2D eigenvalue weighted by Crippen LogP contribution is -2.34. The number of carboxylic acids is 1. The molecule has 0 atom stereocenters. The maximum absolute atomic E-state index is 11.2. The number of nitrogens with zero attached hydrogens (tertiary/aromatic N) is 2. The quantitative estimate of drug-likeness (QED) is 0.553. The third kappa shape index (κ3) is 4.98. The number of methoxy groups -OCH3 is 1. The maximum atomic E-state index is 11.2. The molecule has 1 rings (SSSR count). The van der Waals surface area contributed by atoms with Crippen molar-refractivity contribution in [2.45, 2.75) is 0 Å². The second-order valence-corrected chi connectivity index (χ2v) is 3.28. The van der Waals surface area contributed by atoms with Crippen LogP contribution in [-0.4, -0.2) is 53.1 Å². The van der Waals surface area contributed by atoms with E-state index in [0.29, 0.717) is 0 Å². The number of esters is 1. The van der Waals surface area contributed by atoms with E-state index >= 15 is 0 Å². The van der Waals surface area contributed by atoms with Gasteiger partial charge in [-0.2, -0.15) is 0 Å². The zero-order chi connectivity index (χ0) is 14.3. The molecule has 1 heterocycles. The number of hydrogen-bond donors (Lipinski definition) is 3. The largest absolute Gasteiger partial charge is 0.480 e. The molecule has 0 bridgehead atoms. The van der Waals surface area contributed by atoms with Gasteiger partial charge in [-0.1, -0.05) is 0 Å². The number of rotatable bonds is 6. The molecule has 0 spiro atoms. The number of carbonyl (C=O) groups is 3. The first-order chi connectivity index (χ1) is 9.02. The highest BCUT2D eigenvalue weighted by atomic mass is 16.5. The monoisotopic (exact) mass is 268 g/mol. The van der Waals surface area contributed by atoms with Crippen LogP contribution in [0, 0.1) is 0 Å². The summed E-state index contributed by atoms with van der Waals surface area (Å²) in [6.07, 6.45) is 1.33. The number of carboxylic acid groups (broad SMARTS) is 1. The summed E-state index contributed by atoms with van der Waals surface area (Å²) in [6.45, 7) is -0.636. The van der Waals surface area contributed by atoms with Crippen molar-refractivity contribution in [3.05, 3.63) is 18.1 Å². The Morgan fingerprint density at radius 1 is 1.37 bits per heavy atom. The van der Waals surface area contributed by atoms with Gasteiger partial charge in [-0.05, 0) is 6.07 Å². The molecular formula is C10H12N4O5. The Labute approximate surface area is 108 Å². The van der Waals surface area contributed by atoms with Crippen molar-refractivity contribution in [3.63, 3.8) is 0 Å². The van der Waals surface area contributed by atoms with Crippen LogP contribution in [-0.2, 0) is 14.3 Å².